The Hall–Kier alpha value is -3.39. The molecule has 3 aromatic rings. The first kappa shape index (κ1) is 18.6. The van der Waals surface area contributed by atoms with E-state index in [-0.39, 0.29) is 11.2 Å². The summed E-state index contributed by atoms with van der Waals surface area (Å²) in [6.07, 6.45) is 2.98. The summed E-state index contributed by atoms with van der Waals surface area (Å²) >= 11 is 0. The van der Waals surface area contributed by atoms with Crippen molar-refractivity contribution in [1.82, 2.24) is 19.9 Å². The third kappa shape index (κ3) is 3.73. The van der Waals surface area contributed by atoms with E-state index in [0.717, 1.165) is 48.6 Å². The number of rotatable bonds is 5. The van der Waals surface area contributed by atoms with Crippen LogP contribution in [0, 0.1) is 10.1 Å². The largest absolute Gasteiger partial charge is 0.310 e. The van der Waals surface area contributed by atoms with Crippen molar-refractivity contribution in [2.75, 3.05) is 6.54 Å². The van der Waals surface area contributed by atoms with Gasteiger partial charge in [-0.25, -0.2) is 4.98 Å². The molecule has 3 heterocycles. The second-order valence-electron chi connectivity index (χ2n) is 7.93. The summed E-state index contributed by atoms with van der Waals surface area (Å²) < 4.78 is 0. The molecule has 0 bridgehead atoms. The van der Waals surface area contributed by atoms with Crippen molar-refractivity contribution in [2.45, 2.75) is 38.3 Å². The summed E-state index contributed by atoms with van der Waals surface area (Å²) in [6.45, 7) is 1.97. The maximum Gasteiger partial charge on any atom is 0.270 e. The van der Waals surface area contributed by atoms with Gasteiger partial charge in [-0.1, -0.05) is 18.2 Å². The molecular weight excluding hydrogens is 382 g/mol. The summed E-state index contributed by atoms with van der Waals surface area (Å²) in [6, 6.07) is 12.2. The van der Waals surface area contributed by atoms with Gasteiger partial charge in [0, 0.05) is 49.7 Å². The molecule has 1 saturated carbocycles. The number of fused-ring (bicyclic) bond motifs is 1. The molecule has 0 amide bonds. The third-order valence-corrected chi connectivity index (χ3v) is 5.68. The Morgan fingerprint density at radius 1 is 1.17 bits per heavy atom. The number of hydrogen-bond donors (Lipinski definition) is 1. The number of non-ortho nitro benzene ring substituents is 1. The molecule has 5 rings (SSSR count). The van der Waals surface area contributed by atoms with Crippen molar-refractivity contribution in [3.8, 4) is 11.3 Å². The summed E-state index contributed by atoms with van der Waals surface area (Å²) in [7, 11) is 0. The molecule has 8 nitrogen and oxygen atoms in total. The first-order chi connectivity index (χ1) is 14.6. The van der Waals surface area contributed by atoms with Crippen LogP contribution in [-0.4, -0.2) is 31.3 Å². The highest BCUT2D eigenvalue weighted by molar-refractivity contribution is 5.62. The van der Waals surface area contributed by atoms with Gasteiger partial charge in [0.2, 0.25) is 0 Å². The molecule has 152 valence electrons. The summed E-state index contributed by atoms with van der Waals surface area (Å²) in [5.74, 6) is 1.28. The van der Waals surface area contributed by atoms with Crippen LogP contribution in [0.1, 0.15) is 41.5 Å². The van der Waals surface area contributed by atoms with Crippen LogP contribution in [-0.2, 0) is 19.5 Å². The van der Waals surface area contributed by atoms with Gasteiger partial charge in [-0.2, -0.15) is 0 Å². The predicted octanol–water partition coefficient (Wildman–Crippen LogP) is 3.18. The number of aromatic amines is 1. The minimum absolute atomic E-state index is 0.0232. The molecule has 0 spiro atoms. The SMILES string of the molecule is O=c1[nH]c(C2CC2)nc2c1CN(Cc1cccc(-c3cccc([N+](=O)[O-])c3)n1)CC2. The van der Waals surface area contributed by atoms with Crippen molar-refractivity contribution in [2.24, 2.45) is 0 Å². The van der Waals surface area contributed by atoms with Crippen molar-refractivity contribution in [3.05, 3.63) is 85.7 Å². The van der Waals surface area contributed by atoms with E-state index in [9.17, 15) is 14.9 Å². The minimum atomic E-state index is -0.404. The molecule has 1 aliphatic carbocycles. The number of nitrogens with zero attached hydrogens (tertiary/aromatic N) is 4. The monoisotopic (exact) mass is 403 g/mol. The molecule has 0 atom stereocenters. The fraction of sp³-hybridized carbons (Fsp3) is 0.318. The van der Waals surface area contributed by atoms with Gasteiger partial charge in [-0.05, 0) is 25.0 Å². The lowest BCUT2D eigenvalue weighted by atomic mass is 10.1. The van der Waals surface area contributed by atoms with E-state index in [2.05, 4.69) is 9.88 Å². The Morgan fingerprint density at radius 3 is 2.80 bits per heavy atom. The molecule has 0 radical (unpaired) electrons. The molecule has 8 heteroatoms. The minimum Gasteiger partial charge on any atom is -0.310 e. The molecule has 1 aromatic carbocycles. The quantitative estimate of drug-likeness (QED) is 0.518. The zero-order valence-electron chi connectivity index (χ0n) is 16.4. The molecule has 1 aliphatic heterocycles. The number of benzene rings is 1. The summed E-state index contributed by atoms with van der Waals surface area (Å²) in [4.78, 5) is 37.7. The normalized spacial score (nSPS) is 16.3. The van der Waals surface area contributed by atoms with Gasteiger partial charge in [-0.3, -0.25) is 24.8 Å². The highest BCUT2D eigenvalue weighted by Crippen LogP contribution is 2.37. The number of aromatic nitrogens is 3. The standard InChI is InChI=1S/C22H21N5O3/c28-22-18-13-26(10-9-20(18)24-21(25-22)14-7-8-14)12-16-4-2-6-19(23-16)15-3-1-5-17(11-15)27(29)30/h1-6,11,14H,7-10,12-13H2,(H,24,25,28). The number of pyridine rings is 1. The first-order valence-electron chi connectivity index (χ1n) is 10.1. The van der Waals surface area contributed by atoms with Crippen LogP contribution in [0.4, 0.5) is 5.69 Å². The van der Waals surface area contributed by atoms with E-state index in [1.54, 1.807) is 6.07 Å². The second-order valence-corrected chi connectivity index (χ2v) is 7.93. The zero-order valence-corrected chi connectivity index (χ0v) is 16.4. The fourth-order valence-electron chi connectivity index (χ4n) is 3.92. The lowest BCUT2D eigenvalue weighted by molar-refractivity contribution is -0.384. The highest BCUT2D eigenvalue weighted by atomic mass is 16.6. The Morgan fingerprint density at radius 2 is 2.00 bits per heavy atom. The number of nitro groups is 1. The molecule has 0 unspecified atom stereocenters. The lowest BCUT2D eigenvalue weighted by Crippen LogP contribution is -2.36. The molecule has 1 fully saturated rings. The zero-order chi connectivity index (χ0) is 20.7. The van der Waals surface area contributed by atoms with E-state index in [0.29, 0.717) is 30.3 Å². The Bertz CT molecular complexity index is 1190. The van der Waals surface area contributed by atoms with Crippen molar-refractivity contribution >= 4 is 5.69 Å². The summed E-state index contributed by atoms with van der Waals surface area (Å²) in [5.41, 5.74) is 3.97. The third-order valence-electron chi connectivity index (χ3n) is 5.68. The van der Waals surface area contributed by atoms with Gasteiger partial charge < -0.3 is 4.98 Å². The Labute approximate surface area is 172 Å². The van der Waals surface area contributed by atoms with Gasteiger partial charge in [0.15, 0.2) is 0 Å². The fourth-order valence-corrected chi connectivity index (χ4v) is 3.92. The number of nitrogens with one attached hydrogen (secondary N) is 1. The van der Waals surface area contributed by atoms with Gasteiger partial charge in [0.05, 0.1) is 27.6 Å². The predicted molar refractivity (Wildman–Crippen MR) is 111 cm³/mol. The van der Waals surface area contributed by atoms with Crippen LogP contribution in [0.3, 0.4) is 0 Å². The molecular formula is C22H21N5O3. The number of hydrogen-bond acceptors (Lipinski definition) is 6. The van der Waals surface area contributed by atoms with E-state index in [1.165, 1.54) is 12.1 Å². The maximum absolute atomic E-state index is 12.5. The Kier molecular flexibility index (Phi) is 4.63. The Balaban J connectivity index is 1.35. The van der Waals surface area contributed by atoms with E-state index in [4.69, 9.17) is 9.97 Å². The second kappa shape index (κ2) is 7.46. The molecule has 2 aliphatic rings. The topological polar surface area (TPSA) is 105 Å². The molecule has 2 aromatic heterocycles. The van der Waals surface area contributed by atoms with E-state index < -0.39 is 4.92 Å². The van der Waals surface area contributed by atoms with Crippen LogP contribution in [0.25, 0.3) is 11.3 Å². The average molecular weight is 403 g/mol. The smallest absolute Gasteiger partial charge is 0.270 e. The lowest BCUT2D eigenvalue weighted by Gasteiger charge is -2.27. The van der Waals surface area contributed by atoms with E-state index in [1.807, 2.05) is 24.3 Å². The van der Waals surface area contributed by atoms with Crippen molar-refractivity contribution < 1.29 is 4.92 Å². The molecule has 30 heavy (non-hydrogen) atoms. The van der Waals surface area contributed by atoms with Crippen LogP contribution in [0.15, 0.2) is 47.3 Å². The summed E-state index contributed by atoms with van der Waals surface area (Å²) in [5, 5.41) is 11.0. The maximum atomic E-state index is 12.5. The number of nitro benzene ring substituents is 1. The van der Waals surface area contributed by atoms with Gasteiger partial charge in [0.1, 0.15) is 5.82 Å². The van der Waals surface area contributed by atoms with Gasteiger partial charge in [0.25, 0.3) is 11.2 Å². The molecule has 1 N–H and O–H groups in total. The van der Waals surface area contributed by atoms with Crippen LogP contribution < -0.4 is 5.56 Å². The van der Waals surface area contributed by atoms with Gasteiger partial charge in [-0.15, -0.1) is 0 Å². The highest BCUT2D eigenvalue weighted by Gasteiger charge is 2.29. The van der Waals surface area contributed by atoms with Crippen molar-refractivity contribution in [1.29, 1.82) is 0 Å². The van der Waals surface area contributed by atoms with Crippen LogP contribution in [0.5, 0.6) is 0 Å². The van der Waals surface area contributed by atoms with Crippen molar-refractivity contribution in [3.63, 3.8) is 0 Å². The first-order valence-corrected chi connectivity index (χ1v) is 10.1. The van der Waals surface area contributed by atoms with Gasteiger partial charge >= 0.3 is 0 Å². The molecule has 0 saturated heterocycles. The van der Waals surface area contributed by atoms with E-state index >= 15 is 0 Å². The van der Waals surface area contributed by atoms with Crippen LogP contribution in [0.2, 0.25) is 0 Å². The average Bonchev–Trinajstić information content (AvgIpc) is 3.60. The van der Waals surface area contributed by atoms with Crippen LogP contribution >= 0.6 is 0 Å². The number of H-pyrrole nitrogens is 1.